The molecule has 0 unspecified atom stereocenters. The number of hydrogen-bond acceptors (Lipinski definition) is 8. The number of aromatic nitrogens is 5. The molecule has 3 aromatic rings. The van der Waals surface area contributed by atoms with Crippen molar-refractivity contribution in [1.29, 1.82) is 0 Å². The van der Waals surface area contributed by atoms with Crippen LogP contribution in [-0.2, 0) is 0 Å². The van der Waals surface area contributed by atoms with Crippen LogP contribution in [0.3, 0.4) is 0 Å². The number of rotatable bonds is 9. The topological polar surface area (TPSA) is 121 Å². The van der Waals surface area contributed by atoms with Crippen LogP contribution in [0.15, 0.2) is 30.3 Å². The van der Waals surface area contributed by atoms with E-state index in [0.29, 0.717) is 22.9 Å². The van der Waals surface area contributed by atoms with Gasteiger partial charge in [-0.3, -0.25) is 0 Å². The molecule has 2 atom stereocenters. The number of hydrogen-bond donors (Lipinski definition) is 4. The Kier molecular flexibility index (Phi) is 6.60. The molecule has 0 aliphatic heterocycles. The predicted octanol–water partition coefficient (Wildman–Crippen LogP) is 2.38. The summed E-state index contributed by atoms with van der Waals surface area (Å²) in [6, 6.07) is 9.18. The van der Waals surface area contributed by atoms with Gasteiger partial charge in [-0.15, -0.1) is 5.10 Å². The summed E-state index contributed by atoms with van der Waals surface area (Å²) in [7, 11) is 0. The van der Waals surface area contributed by atoms with Crippen LogP contribution in [0.5, 0.6) is 0 Å². The fraction of sp³-hybridized carbons (Fsp3) is 0.500. The standard InChI is InChI=1S/C20H29N7O2/c1-12(2)15(10-28)22-20-23-18(17-19(24-20)27(13(3)4)26-25-17)21-16(11-29)14-8-6-5-7-9-14/h5-9,12-13,15-16,28-29H,10-11H2,1-4H3,(H2,21,22,23,24)/t15-,16+/m0/s1. The number of nitrogens with zero attached hydrogens (tertiary/aromatic N) is 5. The molecule has 2 heterocycles. The maximum absolute atomic E-state index is 9.94. The highest BCUT2D eigenvalue weighted by atomic mass is 16.3. The van der Waals surface area contributed by atoms with Crippen molar-refractivity contribution in [3.8, 4) is 0 Å². The van der Waals surface area contributed by atoms with E-state index in [0.717, 1.165) is 5.56 Å². The van der Waals surface area contributed by atoms with Crippen LogP contribution in [-0.4, -0.2) is 54.4 Å². The minimum Gasteiger partial charge on any atom is -0.394 e. The number of aliphatic hydroxyl groups is 2. The molecule has 0 saturated heterocycles. The van der Waals surface area contributed by atoms with Crippen molar-refractivity contribution in [3.05, 3.63) is 35.9 Å². The summed E-state index contributed by atoms with van der Waals surface area (Å²) in [5.41, 5.74) is 2.05. The summed E-state index contributed by atoms with van der Waals surface area (Å²) < 4.78 is 1.73. The predicted molar refractivity (Wildman–Crippen MR) is 113 cm³/mol. The molecule has 0 spiro atoms. The quantitative estimate of drug-likeness (QED) is 0.433. The van der Waals surface area contributed by atoms with Gasteiger partial charge in [0.25, 0.3) is 0 Å². The van der Waals surface area contributed by atoms with Gasteiger partial charge in [0.1, 0.15) is 0 Å². The van der Waals surface area contributed by atoms with E-state index in [4.69, 9.17) is 0 Å². The summed E-state index contributed by atoms with van der Waals surface area (Å²) >= 11 is 0. The van der Waals surface area contributed by atoms with Crippen LogP contribution in [0.4, 0.5) is 11.8 Å². The maximum Gasteiger partial charge on any atom is 0.227 e. The molecule has 0 saturated carbocycles. The second kappa shape index (κ2) is 9.15. The molecular weight excluding hydrogens is 370 g/mol. The SMILES string of the molecule is CC(C)[C@H](CO)Nc1nc(N[C@H](CO)c2ccccc2)c2nnn(C(C)C)c2n1. The van der Waals surface area contributed by atoms with E-state index >= 15 is 0 Å². The molecule has 0 fully saturated rings. The number of benzene rings is 1. The van der Waals surface area contributed by atoms with Crippen LogP contribution >= 0.6 is 0 Å². The first-order chi connectivity index (χ1) is 13.9. The Morgan fingerprint density at radius 3 is 2.28 bits per heavy atom. The molecule has 29 heavy (non-hydrogen) atoms. The Bertz CT molecular complexity index is 927. The lowest BCUT2D eigenvalue weighted by Crippen LogP contribution is -2.30. The van der Waals surface area contributed by atoms with Crippen LogP contribution in [0.25, 0.3) is 11.2 Å². The second-order valence-electron chi connectivity index (χ2n) is 7.66. The normalized spacial score (nSPS) is 13.8. The third kappa shape index (κ3) is 4.63. The summed E-state index contributed by atoms with van der Waals surface area (Å²) in [5, 5.41) is 34.6. The molecule has 9 nitrogen and oxygen atoms in total. The fourth-order valence-electron chi connectivity index (χ4n) is 3.02. The van der Waals surface area contributed by atoms with Crippen molar-refractivity contribution >= 4 is 22.9 Å². The minimum absolute atomic E-state index is 0.0349. The van der Waals surface area contributed by atoms with Crippen LogP contribution in [0.2, 0.25) is 0 Å². The molecule has 3 rings (SSSR count). The lowest BCUT2D eigenvalue weighted by atomic mass is 10.1. The van der Waals surface area contributed by atoms with Gasteiger partial charge in [0, 0.05) is 0 Å². The zero-order valence-corrected chi connectivity index (χ0v) is 17.2. The third-order valence-electron chi connectivity index (χ3n) is 4.82. The van der Waals surface area contributed by atoms with Crippen molar-refractivity contribution < 1.29 is 10.2 Å². The van der Waals surface area contributed by atoms with E-state index < -0.39 is 0 Å². The molecule has 156 valence electrons. The number of fused-ring (bicyclic) bond motifs is 1. The van der Waals surface area contributed by atoms with Gasteiger partial charge in [-0.2, -0.15) is 9.97 Å². The van der Waals surface area contributed by atoms with E-state index in [1.807, 2.05) is 58.0 Å². The monoisotopic (exact) mass is 399 g/mol. The van der Waals surface area contributed by atoms with Gasteiger partial charge in [-0.1, -0.05) is 49.4 Å². The highest BCUT2D eigenvalue weighted by molar-refractivity contribution is 5.83. The van der Waals surface area contributed by atoms with Gasteiger partial charge in [0.05, 0.1) is 31.3 Å². The fourth-order valence-corrected chi connectivity index (χ4v) is 3.02. The van der Waals surface area contributed by atoms with Crippen molar-refractivity contribution in [2.45, 2.75) is 45.8 Å². The van der Waals surface area contributed by atoms with Crippen LogP contribution in [0, 0.1) is 5.92 Å². The van der Waals surface area contributed by atoms with Gasteiger partial charge in [-0.25, -0.2) is 4.68 Å². The molecular formula is C20H29N7O2. The highest BCUT2D eigenvalue weighted by Gasteiger charge is 2.21. The summed E-state index contributed by atoms with van der Waals surface area (Å²) in [4.78, 5) is 9.18. The van der Waals surface area contributed by atoms with Crippen molar-refractivity contribution in [3.63, 3.8) is 0 Å². The number of nitrogens with one attached hydrogen (secondary N) is 2. The summed E-state index contributed by atoms with van der Waals surface area (Å²) in [6.45, 7) is 7.89. The van der Waals surface area contributed by atoms with Gasteiger partial charge in [0.15, 0.2) is 17.0 Å². The molecule has 0 aliphatic rings. The van der Waals surface area contributed by atoms with Crippen molar-refractivity contribution in [2.24, 2.45) is 5.92 Å². The maximum atomic E-state index is 9.94. The first-order valence-corrected chi connectivity index (χ1v) is 9.87. The summed E-state index contributed by atoms with van der Waals surface area (Å²) in [6.07, 6.45) is 0. The Hall–Kier alpha value is -2.78. The average molecular weight is 399 g/mol. The molecule has 9 heteroatoms. The van der Waals surface area contributed by atoms with E-state index in [9.17, 15) is 10.2 Å². The van der Waals surface area contributed by atoms with E-state index in [-0.39, 0.29) is 37.3 Å². The molecule has 0 amide bonds. The first-order valence-electron chi connectivity index (χ1n) is 9.87. The van der Waals surface area contributed by atoms with Gasteiger partial charge < -0.3 is 20.8 Å². The lowest BCUT2D eigenvalue weighted by molar-refractivity contribution is 0.248. The average Bonchev–Trinajstić information content (AvgIpc) is 3.15. The van der Waals surface area contributed by atoms with E-state index in [1.165, 1.54) is 0 Å². The first kappa shape index (κ1) is 20.9. The van der Waals surface area contributed by atoms with Gasteiger partial charge in [0.2, 0.25) is 5.95 Å². The smallest absolute Gasteiger partial charge is 0.227 e. The van der Waals surface area contributed by atoms with E-state index in [2.05, 4.69) is 30.9 Å². The second-order valence-corrected chi connectivity index (χ2v) is 7.66. The summed E-state index contributed by atoms with van der Waals surface area (Å²) in [5.74, 6) is 1.05. The van der Waals surface area contributed by atoms with Crippen molar-refractivity contribution in [2.75, 3.05) is 23.8 Å². The molecule has 1 aromatic carbocycles. The Balaban J connectivity index is 2.04. The Labute approximate surface area is 170 Å². The number of anilines is 2. The van der Waals surface area contributed by atoms with E-state index in [1.54, 1.807) is 4.68 Å². The van der Waals surface area contributed by atoms with Crippen LogP contribution in [0.1, 0.15) is 45.3 Å². The highest BCUT2D eigenvalue weighted by Crippen LogP contribution is 2.26. The Morgan fingerprint density at radius 1 is 0.966 bits per heavy atom. The van der Waals surface area contributed by atoms with Crippen LogP contribution < -0.4 is 10.6 Å². The zero-order chi connectivity index (χ0) is 21.0. The number of aliphatic hydroxyl groups excluding tert-OH is 2. The third-order valence-corrected chi connectivity index (χ3v) is 4.82. The van der Waals surface area contributed by atoms with Gasteiger partial charge >= 0.3 is 0 Å². The zero-order valence-electron chi connectivity index (χ0n) is 17.2. The molecule has 0 bridgehead atoms. The minimum atomic E-state index is -0.356. The largest absolute Gasteiger partial charge is 0.394 e. The molecule has 0 aliphatic carbocycles. The Morgan fingerprint density at radius 2 is 1.69 bits per heavy atom. The van der Waals surface area contributed by atoms with Gasteiger partial charge in [-0.05, 0) is 25.3 Å². The van der Waals surface area contributed by atoms with Crippen molar-refractivity contribution in [1.82, 2.24) is 25.0 Å². The lowest BCUT2D eigenvalue weighted by Gasteiger charge is -2.21. The molecule has 0 radical (unpaired) electrons. The molecule has 2 aromatic heterocycles. The molecule has 4 N–H and O–H groups in total.